The van der Waals surface area contributed by atoms with Crippen LogP contribution < -0.4 is 5.63 Å². The summed E-state index contributed by atoms with van der Waals surface area (Å²) in [7, 11) is 2.11. The first-order valence-electron chi connectivity index (χ1n) is 11.0. The molecule has 2 unspecified atom stereocenters. The van der Waals surface area contributed by atoms with E-state index >= 15 is 0 Å². The minimum absolute atomic E-state index is 0.158. The van der Waals surface area contributed by atoms with Crippen LogP contribution >= 0.6 is 0 Å². The highest BCUT2D eigenvalue weighted by molar-refractivity contribution is 6.05. The van der Waals surface area contributed by atoms with Crippen LogP contribution in [0.3, 0.4) is 0 Å². The van der Waals surface area contributed by atoms with Crippen molar-refractivity contribution in [3.8, 4) is 0 Å². The van der Waals surface area contributed by atoms with Crippen LogP contribution in [0.1, 0.15) is 34.3 Å². The molecule has 5 aromatic rings. The Bertz CT molecular complexity index is 1490. The van der Waals surface area contributed by atoms with Crippen LogP contribution in [0.4, 0.5) is 0 Å². The third-order valence-corrected chi connectivity index (χ3v) is 6.81. The van der Waals surface area contributed by atoms with Crippen molar-refractivity contribution in [2.24, 2.45) is 0 Å². The Morgan fingerprint density at radius 3 is 2.16 bits per heavy atom. The zero-order valence-electron chi connectivity index (χ0n) is 17.9. The normalized spacial score (nSPS) is 18.7. The molecular weight excluding hydrogens is 394 g/mol. The summed E-state index contributed by atoms with van der Waals surface area (Å²) >= 11 is 0. The monoisotopic (exact) mass is 417 g/mol. The number of hydrogen-bond donors (Lipinski definition) is 0. The lowest BCUT2D eigenvalue weighted by Crippen LogP contribution is -2.39. The van der Waals surface area contributed by atoms with Crippen LogP contribution in [0.25, 0.3) is 21.7 Å². The van der Waals surface area contributed by atoms with Gasteiger partial charge in [-0.15, -0.1) is 0 Å². The van der Waals surface area contributed by atoms with Gasteiger partial charge in [0.25, 0.3) is 0 Å². The van der Waals surface area contributed by atoms with Gasteiger partial charge in [-0.1, -0.05) is 97.1 Å². The zero-order chi connectivity index (χ0) is 21.7. The summed E-state index contributed by atoms with van der Waals surface area (Å²) in [5.41, 5.74) is 4.66. The van der Waals surface area contributed by atoms with Crippen molar-refractivity contribution in [3.05, 3.63) is 130 Å². The van der Waals surface area contributed by atoms with Gasteiger partial charge in [0.2, 0.25) is 0 Å². The molecule has 0 aliphatic carbocycles. The summed E-state index contributed by atoms with van der Waals surface area (Å²) < 4.78 is 6.03. The molecule has 0 saturated heterocycles. The predicted octanol–water partition coefficient (Wildman–Crippen LogP) is 6.26. The lowest BCUT2D eigenvalue weighted by molar-refractivity contribution is 0.177. The smallest absolute Gasteiger partial charge is 0.341 e. The van der Waals surface area contributed by atoms with Gasteiger partial charge in [0.15, 0.2) is 0 Å². The van der Waals surface area contributed by atoms with Gasteiger partial charge in [-0.25, -0.2) is 4.79 Å². The Kier molecular flexibility index (Phi) is 4.44. The van der Waals surface area contributed by atoms with Crippen molar-refractivity contribution in [2.45, 2.75) is 18.5 Å². The molecule has 1 aliphatic rings. The van der Waals surface area contributed by atoms with E-state index in [4.69, 9.17) is 4.42 Å². The first kappa shape index (κ1) is 19.0. The van der Waals surface area contributed by atoms with E-state index < -0.39 is 0 Å². The zero-order valence-corrected chi connectivity index (χ0v) is 17.9. The molecule has 32 heavy (non-hydrogen) atoms. The van der Waals surface area contributed by atoms with Gasteiger partial charge in [-0.05, 0) is 35.5 Å². The van der Waals surface area contributed by atoms with Crippen LogP contribution in [0.5, 0.6) is 0 Å². The number of benzene rings is 4. The third kappa shape index (κ3) is 2.89. The Morgan fingerprint density at radius 2 is 1.41 bits per heavy atom. The second-order valence-corrected chi connectivity index (χ2v) is 8.55. The Hall–Kier alpha value is -3.69. The highest BCUT2D eigenvalue weighted by Gasteiger charge is 2.37. The van der Waals surface area contributed by atoms with Crippen LogP contribution in [0, 0.1) is 0 Å². The summed E-state index contributed by atoms with van der Waals surface area (Å²) in [6, 6.07) is 33.2. The Balaban J connectivity index is 1.68. The standard InChI is InChI=1S/C29H23NO2/c1-30-25(20-11-4-2-5-12-20)18-24-23-17-16-19-10-8-9-15-22(19)28(23)32-29(31)26(24)27(30)21-13-6-3-7-14-21/h2-17,25,27H,18H2,1H3. The van der Waals surface area contributed by atoms with Crippen LogP contribution in [-0.4, -0.2) is 11.9 Å². The molecule has 2 heterocycles. The number of hydrogen-bond acceptors (Lipinski definition) is 3. The van der Waals surface area contributed by atoms with E-state index in [2.05, 4.69) is 66.5 Å². The Labute approximate surface area is 186 Å². The van der Waals surface area contributed by atoms with E-state index in [1.165, 1.54) is 5.56 Å². The molecule has 3 nitrogen and oxygen atoms in total. The minimum Gasteiger partial charge on any atom is -0.422 e. The molecule has 156 valence electrons. The highest BCUT2D eigenvalue weighted by atomic mass is 16.4. The first-order valence-corrected chi connectivity index (χ1v) is 11.0. The van der Waals surface area contributed by atoms with E-state index in [0.717, 1.165) is 39.3 Å². The van der Waals surface area contributed by atoms with Gasteiger partial charge in [-0.2, -0.15) is 0 Å². The average Bonchev–Trinajstić information content (AvgIpc) is 2.85. The number of fused-ring (bicyclic) bond motifs is 5. The van der Waals surface area contributed by atoms with Gasteiger partial charge in [0, 0.05) is 16.8 Å². The summed E-state index contributed by atoms with van der Waals surface area (Å²) in [5, 5.41) is 3.10. The maximum Gasteiger partial charge on any atom is 0.341 e. The quantitative estimate of drug-likeness (QED) is 0.251. The van der Waals surface area contributed by atoms with E-state index in [-0.39, 0.29) is 17.7 Å². The Morgan fingerprint density at radius 1 is 0.750 bits per heavy atom. The molecule has 3 heteroatoms. The van der Waals surface area contributed by atoms with Crippen LogP contribution in [-0.2, 0) is 6.42 Å². The molecule has 4 aromatic carbocycles. The van der Waals surface area contributed by atoms with Crippen molar-refractivity contribution >= 4 is 21.7 Å². The predicted molar refractivity (Wildman–Crippen MR) is 129 cm³/mol. The van der Waals surface area contributed by atoms with Crippen molar-refractivity contribution in [1.29, 1.82) is 0 Å². The molecule has 0 spiro atoms. The summed E-state index contributed by atoms with van der Waals surface area (Å²) in [6.45, 7) is 0. The molecule has 1 aliphatic heterocycles. The highest BCUT2D eigenvalue weighted by Crippen LogP contribution is 2.44. The number of likely N-dealkylation sites (N-methyl/N-ethyl adjacent to an activating group) is 1. The fraction of sp³-hybridized carbons (Fsp3) is 0.138. The lowest BCUT2D eigenvalue weighted by atomic mass is 9.82. The van der Waals surface area contributed by atoms with E-state index in [9.17, 15) is 4.79 Å². The fourth-order valence-corrected chi connectivity index (χ4v) is 5.29. The van der Waals surface area contributed by atoms with Crippen LogP contribution in [0.15, 0.2) is 106 Å². The largest absolute Gasteiger partial charge is 0.422 e. The molecule has 0 bridgehead atoms. The van der Waals surface area contributed by atoms with E-state index in [1.807, 2.05) is 42.5 Å². The van der Waals surface area contributed by atoms with Crippen molar-refractivity contribution < 1.29 is 4.42 Å². The SMILES string of the molecule is CN1C(c2ccccc2)Cc2c(c(=O)oc3c2ccc2ccccc23)C1c1ccccc1. The van der Waals surface area contributed by atoms with Crippen molar-refractivity contribution in [2.75, 3.05) is 7.05 Å². The van der Waals surface area contributed by atoms with E-state index in [0.29, 0.717) is 5.58 Å². The molecule has 0 radical (unpaired) electrons. The maximum atomic E-state index is 13.5. The fourth-order valence-electron chi connectivity index (χ4n) is 5.29. The molecule has 1 aromatic heterocycles. The summed E-state index contributed by atoms with van der Waals surface area (Å²) in [5.74, 6) is 0. The topological polar surface area (TPSA) is 33.5 Å². The second-order valence-electron chi connectivity index (χ2n) is 8.55. The molecule has 6 rings (SSSR count). The number of rotatable bonds is 2. The van der Waals surface area contributed by atoms with E-state index in [1.54, 1.807) is 0 Å². The molecular formula is C29H23NO2. The molecule has 2 atom stereocenters. The molecule has 0 amide bonds. The summed E-state index contributed by atoms with van der Waals surface area (Å²) in [4.78, 5) is 15.8. The van der Waals surface area contributed by atoms with Gasteiger partial charge in [0.1, 0.15) is 5.58 Å². The molecule has 0 saturated carbocycles. The van der Waals surface area contributed by atoms with Crippen LogP contribution in [0.2, 0.25) is 0 Å². The maximum absolute atomic E-state index is 13.5. The lowest BCUT2D eigenvalue weighted by Gasteiger charge is -2.41. The first-order chi connectivity index (χ1) is 15.7. The molecule has 0 N–H and O–H groups in total. The second kappa shape index (κ2) is 7.47. The van der Waals surface area contributed by atoms with Crippen molar-refractivity contribution in [3.63, 3.8) is 0 Å². The third-order valence-electron chi connectivity index (χ3n) is 6.81. The summed E-state index contributed by atoms with van der Waals surface area (Å²) in [6.07, 6.45) is 0.764. The van der Waals surface area contributed by atoms with Gasteiger partial charge in [-0.3, -0.25) is 4.90 Å². The molecule has 0 fully saturated rings. The van der Waals surface area contributed by atoms with Crippen molar-refractivity contribution in [1.82, 2.24) is 4.90 Å². The van der Waals surface area contributed by atoms with Gasteiger partial charge in [0.05, 0.1) is 11.6 Å². The van der Waals surface area contributed by atoms with Gasteiger partial charge >= 0.3 is 5.63 Å². The minimum atomic E-state index is -0.240. The van der Waals surface area contributed by atoms with Gasteiger partial charge < -0.3 is 4.42 Å². The average molecular weight is 418 g/mol. The number of nitrogens with zero attached hydrogens (tertiary/aromatic N) is 1.